The molecule has 0 unspecified atom stereocenters. The molecule has 19 heavy (non-hydrogen) atoms. The van der Waals surface area contributed by atoms with Crippen molar-refractivity contribution in [2.75, 3.05) is 0 Å². The number of pyridine rings is 1. The van der Waals surface area contributed by atoms with E-state index in [0.717, 1.165) is 11.4 Å². The summed E-state index contributed by atoms with van der Waals surface area (Å²) >= 11 is 0. The van der Waals surface area contributed by atoms with E-state index in [-0.39, 0.29) is 6.42 Å². The van der Waals surface area contributed by atoms with Gasteiger partial charge in [-0.25, -0.2) is 4.79 Å². The maximum Gasteiger partial charge on any atom is 0.315 e. The molecular weight excluding hydrogens is 246 g/mol. The van der Waals surface area contributed by atoms with E-state index >= 15 is 0 Å². The SMILES string of the molecule is Cc1cccc(CNC(=O)NC(C)(C)CC(=O)O)n1. The number of aliphatic carboxylic acids is 1. The minimum Gasteiger partial charge on any atom is -0.481 e. The molecule has 0 aliphatic rings. The number of urea groups is 1. The highest BCUT2D eigenvalue weighted by Gasteiger charge is 2.23. The summed E-state index contributed by atoms with van der Waals surface area (Å²) in [5.41, 5.74) is 0.841. The molecule has 3 N–H and O–H groups in total. The number of nitrogens with zero attached hydrogens (tertiary/aromatic N) is 1. The van der Waals surface area contributed by atoms with Crippen molar-refractivity contribution >= 4 is 12.0 Å². The van der Waals surface area contributed by atoms with Gasteiger partial charge in [0.25, 0.3) is 0 Å². The Hall–Kier alpha value is -2.11. The predicted molar refractivity (Wildman–Crippen MR) is 70.7 cm³/mol. The van der Waals surface area contributed by atoms with Crippen LogP contribution in [0.1, 0.15) is 31.7 Å². The maximum atomic E-state index is 11.7. The summed E-state index contributed by atoms with van der Waals surface area (Å²) in [5, 5.41) is 14.0. The van der Waals surface area contributed by atoms with E-state index < -0.39 is 17.5 Å². The van der Waals surface area contributed by atoms with E-state index in [2.05, 4.69) is 15.6 Å². The summed E-state index contributed by atoms with van der Waals surface area (Å²) in [7, 11) is 0. The van der Waals surface area contributed by atoms with Gasteiger partial charge in [0, 0.05) is 11.2 Å². The second kappa shape index (κ2) is 6.17. The van der Waals surface area contributed by atoms with Crippen LogP contribution in [0.2, 0.25) is 0 Å². The van der Waals surface area contributed by atoms with Gasteiger partial charge in [-0.3, -0.25) is 9.78 Å². The first-order valence-electron chi connectivity index (χ1n) is 5.99. The Morgan fingerprint density at radius 2 is 2.05 bits per heavy atom. The minimum absolute atomic E-state index is 0.136. The van der Waals surface area contributed by atoms with E-state index in [9.17, 15) is 9.59 Å². The van der Waals surface area contributed by atoms with Crippen LogP contribution in [0.3, 0.4) is 0 Å². The molecule has 0 aliphatic carbocycles. The average molecular weight is 265 g/mol. The zero-order valence-electron chi connectivity index (χ0n) is 11.4. The van der Waals surface area contributed by atoms with E-state index in [1.54, 1.807) is 13.8 Å². The summed E-state index contributed by atoms with van der Waals surface area (Å²) in [4.78, 5) is 26.5. The fourth-order valence-electron chi connectivity index (χ4n) is 1.64. The third-order valence-electron chi connectivity index (χ3n) is 2.42. The van der Waals surface area contributed by atoms with Gasteiger partial charge in [-0.15, -0.1) is 0 Å². The molecule has 0 bridgehead atoms. The minimum atomic E-state index is -0.953. The van der Waals surface area contributed by atoms with Gasteiger partial charge in [0.05, 0.1) is 18.7 Å². The summed E-state index contributed by atoms with van der Waals surface area (Å²) in [5.74, 6) is -0.953. The molecule has 0 radical (unpaired) electrons. The summed E-state index contributed by atoms with van der Waals surface area (Å²) in [6.45, 7) is 5.49. The number of hydrogen-bond donors (Lipinski definition) is 3. The molecule has 104 valence electrons. The molecule has 0 saturated heterocycles. The number of carboxylic acids is 1. The van der Waals surface area contributed by atoms with Gasteiger partial charge in [-0.05, 0) is 32.9 Å². The van der Waals surface area contributed by atoms with Crippen LogP contribution in [0.5, 0.6) is 0 Å². The quantitative estimate of drug-likeness (QED) is 0.751. The molecule has 1 aromatic rings. The molecule has 1 heterocycles. The highest BCUT2D eigenvalue weighted by molar-refractivity contribution is 5.76. The molecule has 1 rings (SSSR count). The Labute approximate surface area is 112 Å². The average Bonchev–Trinajstić information content (AvgIpc) is 2.24. The third-order valence-corrected chi connectivity index (χ3v) is 2.42. The fourth-order valence-corrected chi connectivity index (χ4v) is 1.64. The number of aryl methyl sites for hydroxylation is 1. The van der Waals surface area contributed by atoms with E-state index in [1.807, 2.05) is 25.1 Å². The number of carbonyl (C=O) groups excluding carboxylic acids is 1. The van der Waals surface area contributed by atoms with Crippen LogP contribution in [0.4, 0.5) is 4.79 Å². The van der Waals surface area contributed by atoms with Crippen molar-refractivity contribution in [1.29, 1.82) is 0 Å². The molecule has 1 aromatic heterocycles. The van der Waals surface area contributed by atoms with Crippen molar-refractivity contribution in [3.05, 3.63) is 29.6 Å². The smallest absolute Gasteiger partial charge is 0.315 e. The second-order valence-electron chi connectivity index (χ2n) is 5.03. The zero-order valence-corrected chi connectivity index (χ0v) is 11.4. The van der Waals surface area contributed by atoms with E-state index in [0.29, 0.717) is 6.54 Å². The molecule has 6 heteroatoms. The van der Waals surface area contributed by atoms with Crippen LogP contribution in [0.25, 0.3) is 0 Å². The summed E-state index contributed by atoms with van der Waals surface area (Å²) in [6, 6.07) is 5.15. The largest absolute Gasteiger partial charge is 0.481 e. The molecule has 2 amide bonds. The van der Waals surface area contributed by atoms with Crippen LogP contribution < -0.4 is 10.6 Å². The molecular formula is C13H19N3O3. The monoisotopic (exact) mass is 265 g/mol. The van der Waals surface area contributed by atoms with Gasteiger partial charge >= 0.3 is 12.0 Å². The van der Waals surface area contributed by atoms with E-state index in [4.69, 9.17) is 5.11 Å². The van der Waals surface area contributed by atoms with Gasteiger partial charge in [0.2, 0.25) is 0 Å². The van der Waals surface area contributed by atoms with Crippen LogP contribution >= 0.6 is 0 Å². The van der Waals surface area contributed by atoms with Crippen LogP contribution in [-0.4, -0.2) is 27.6 Å². The molecule has 0 aromatic carbocycles. The van der Waals surface area contributed by atoms with Crippen molar-refractivity contribution < 1.29 is 14.7 Å². The second-order valence-corrected chi connectivity index (χ2v) is 5.03. The summed E-state index contributed by atoms with van der Waals surface area (Å²) in [6.07, 6.45) is -0.136. The normalized spacial score (nSPS) is 10.9. The first-order chi connectivity index (χ1) is 8.78. The Kier molecular flexibility index (Phi) is 4.86. The number of aromatic nitrogens is 1. The lowest BCUT2D eigenvalue weighted by molar-refractivity contribution is -0.138. The van der Waals surface area contributed by atoms with Crippen LogP contribution in [0.15, 0.2) is 18.2 Å². The van der Waals surface area contributed by atoms with Crippen molar-refractivity contribution in [1.82, 2.24) is 15.6 Å². The lowest BCUT2D eigenvalue weighted by atomic mass is 10.0. The standard InChI is InChI=1S/C13H19N3O3/c1-9-5-4-6-10(15-9)8-14-12(19)16-13(2,3)7-11(17)18/h4-6H,7-8H2,1-3H3,(H,17,18)(H2,14,16,19). The lowest BCUT2D eigenvalue weighted by Crippen LogP contribution is -2.49. The van der Waals surface area contributed by atoms with Gasteiger partial charge < -0.3 is 15.7 Å². The Bertz CT molecular complexity index is 472. The van der Waals surface area contributed by atoms with Crippen LogP contribution in [0, 0.1) is 6.92 Å². The van der Waals surface area contributed by atoms with Crippen molar-refractivity contribution in [2.45, 2.75) is 39.3 Å². The molecule has 0 aliphatic heterocycles. The Morgan fingerprint density at radius 3 is 2.63 bits per heavy atom. The molecule has 0 saturated carbocycles. The van der Waals surface area contributed by atoms with Crippen LogP contribution in [-0.2, 0) is 11.3 Å². The first-order valence-corrected chi connectivity index (χ1v) is 5.99. The van der Waals surface area contributed by atoms with Crippen molar-refractivity contribution in [3.63, 3.8) is 0 Å². The number of amides is 2. The fraction of sp³-hybridized carbons (Fsp3) is 0.462. The van der Waals surface area contributed by atoms with Gasteiger partial charge in [0.15, 0.2) is 0 Å². The molecule has 0 fully saturated rings. The number of nitrogens with one attached hydrogen (secondary N) is 2. The zero-order chi connectivity index (χ0) is 14.5. The molecule has 0 spiro atoms. The highest BCUT2D eigenvalue weighted by Crippen LogP contribution is 2.07. The predicted octanol–water partition coefficient (Wildman–Crippen LogP) is 1.44. The summed E-state index contributed by atoms with van der Waals surface area (Å²) < 4.78 is 0. The molecule has 0 atom stereocenters. The van der Waals surface area contributed by atoms with Crippen molar-refractivity contribution in [3.8, 4) is 0 Å². The number of hydrogen-bond acceptors (Lipinski definition) is 3. The Balaban J connectivity index is 2.46. The highest BCUT2D eigenvalue weighted by atomic mass is 16.4. The van der Waals surface area contributed by atoms with E-state index in [1.165, 1.54) is 0 Å². The number of carboxylic acid groups (broad SMARTS) is 1. The third kappa shape index (κ3) is 5.85. The number of rotatable bonds is 5. The molecule has 6 nitrogen and oxygen atoms in total. The lowest BCUT2D eigenvalue weighted by Gasteiger charge is -2.24. The maximum absolute atomic E-state index is 11.7. The van der Waals surface area contributed by atoms with Crippen molar-refractivity contribution in [2.24, 2.45) is 0 Å². The Morgan fingerprint density at radius 1 is 1.37 bits per heavy atom. The number of carbonyl (C=O) groups is 2. The first kappa shape index (κ1) is 14.9. The van der Waals surface area contributed by atoms with Gasteiger partial charge in [0.1, 0.15) is 0 Å². The van der Waals surface area contributed by atoms with Gasteiger partial charge in [-0.2, -0.15) is 0 Å². The topological polar surface area (TPSA) is 91.3 Å². The van der Waals surface area contributed by atoms with Gasteiger partial charge in [-0.1, -0.05) is 6.07 Å².